The van der Waals surface area contributed by atoms with E-state index in [2.05, 4.69) is 5.32 Å². The molecule has 1 atom stereocenters. The molecule has 13 heavy (non-hydrogen) atoms. The van der Waals surface area contributed by atoms with Gasteiger partial charge >= 0.3 is 6.09 Å². The largest absolute Gasteiger partial charge is 0.438 e. The van der Waals surface area contributed by atoms with Crippen LogP contribution in [0.5, 0.6) is 0 Å². The van der Waals surface area contributed by atoms with Crippen LogP contribution in [0.3, 0.4) is 0 Å². The summed E-state index contributed by atoms with van der Waals surface area (Å²) in [5, 5.41) is 3.19. The molecule has 4 heteroatoms. The molecule has 3 heterocycles. The summed E-state index contributed by atoms with van der Waals surface area (Å²) in [4.78, 5) is 13.4. The van der Waals surface area contributed by atoms with Crippen LogP contribution >= 0.6 is 0 Å². The minimum absolute atomic E-state index is 0.0915. The maximum absolute atomic E-state index is 11.5. The highest BCUT2D eigenvalue weighted by Gasteiger charge is 2.57. The number of hydrogen-bond donors (Lipinski definition) is 1. The van der Waals surface area contributed by atoms with Crippen LogP contribution in [0, 0.1) is 0 Å². The minimum Gasteiger partial charge on any atom is -0.438 e. The topological polar surface area (TPSA) is 41.6 Å². The molecule has 0 aromatic rings. The molecule has 0 aromatic carbocycles. The van der Waals surface area contributed by atoms with Gasteiger partial charge in [0, 0.05) is 19.6 Å². The van der Waals surface area contributed by atoms with E-state index in [1.165, 1.54) is 6.42 Å². The van der Waals surface area contributed by atoms with Gasteiger partial charge in [-0.2, -0.15) is 0 Å². The van der Waals surface area contributed by atoms with Crippen molar-refractivity contribution in [1.82, 2.24) is 10.2 Å². The normalized spacial score (nSPS) is 35.5. The second-order valence-corrected chi connectivity index (χ2v) is 4.24. The van der Waals surface area contributed by atoms with E-state index in [1.54, 1.807) is 0 Å². The van der Waals surface area contributed by atoms with Crippen LogP contribution < -0.4 is 5.32 Å². The van der Waals surface area contributed by atoms with Crippen LogP contribution in [0.4, 0.5) is 4.79 Å². The molecule has 72 valence electrons. The van der Waals surface area contributed by atoms with Crippen molar-refractivity contribution in [2.45, 2.75) is 30.9 Å². The Morgan fingerprint density at radius 3 is 3.00 bits per heavy atom. The Morgan fingerprint density at radius 1 is 1.46 bits per heavy atom. The van der Waals surface area contributed by atoms with Crippen molar-refractivity contribution >= 4 is 6.09 Å². The molecule has 3 aliphatic rings. The van der Waals surface area contributed by atoms with Crippen molar-refractivity contribution in [2.24, 2.45) is 0 Å². The maximum Gasteiger partial charge on any atom is 0.410 e. The third-order valence-electron chi connectivity index (χ3n) is 3.48. The molecule has 0 saturated carbocycles. The van der Waals surface area contributed by atoms with E-state index >= 15 is 0 Å². The van der Waals surface area contributed by atoms with E-state index in [0.29, 0.717) is 6.04 Å². The van der Waals surface area contributed by atoms with Gasteiger partial charge in [0.1, 0.15) is 0 Å². The molecule has 3 saturated heterocycles. The molecule has 1 amide bonds. The first-order chi connectivity index (χ1) is 6.32. The SMILES string of the molecule is O=C1OC2(CNC2)C2CCCCN12. The first-order valence-electron chi connectivity index (χ1n) is 5.02. The van der Waals surface area contributed by atoms with Gasteiger partial charge in [0.15, 0.2) is 5.60 Å². The number of nitrogens with zero attached hydrogens (tertiary/aromatic N) is 1. The van der Waals surface area contributed by atoms with Crippen molar-refractivity contribution in [3.05, 3.63) is 0 Å². The average molecular weight is 182 g/mol. The van der Waals surface area contributed by atoms with Gasteiger partial charge in [0.05, 0.1) is 6.04 Å². The Balaban J connectivity index is 1.89. The molecule has 0 aliphatic carbocycles. The third-order valence-corrected chi connectivity index (χ3v) is 3.48. The molecule has 1 unspecified atom stereocenters. The van der Waals surface area contributed by atoms with E-state index in [1.807, 2.05) is 4.90 Å². The highest BCUT2D eigenvalue weighted by molar-refractivity contribution is 5.72. The zero-order valence-electron chi connectivity index (χ0n) is 7.58. The number of piperidine rings is 1. The monoisotopic (exact) mass is 182 g/mol. The molecule has 3 rings (SSSR count). The zero-order chi connectivity index (χ0) is 8.89. The summed E-state index contributed by atoms with van der Waals surface area (Å²) in [5.41, 5.74) is -0.155. The van der Waals surface area contributed by atoms with E-state index in [9.17, 15) is 4.79 Å². The summed E-state index contributed by atoms with van der Waals surface area (Å²) in [7, 11) is 0. The van der Waals surface area contributed by atoms with Crippen LogP contribution in [0.2, 0.25) is 0 Å². The van der Waals surface area contributed by atoms with E-state index in [0.717, 1.165) is 32.5 Å². The fourth-order valence-corrected chi connectivity index (χ4v) is 2.68. The van der Waals surface area contributed by atoms with Crippen LogP contribution in [-0.2, 0) is 4.74 Å². The second kappa shape index (κ2) is 2.38. The second-order valence-electron chi connectivity index (χ2n) is 4.24. The number of amides is 1. The number of fused-ring (bicyclic) bond motifs is 2. The predicted octanol–water partition coefficient (Wildman–Crippen LogP) is 0.333. The molecule has 0 radical (unpaired) electrons. The standard InChI is InChI=1S/C9H14N2O2/c12-8-11-4-2-1-3-7(11)9(13-8)5-10-6-9/h7,10H,1-6H2. The van der Waals surface area contributed by atoms with Crippen molar-refractivity contribution in [2.75, 3.05) is 19.6 Å². The number of ether oxygens (including phenoxy) is 1. The van der Waals surface area contributed by atoms with Crippen LogP contribution in [0.25, 0.3) is 0 Å². The van der Waals surface area contributed by atoms with Gasteiger partial charge in [0.25, 0.3) is 0 Å². The molecular weight excluding hydrogens is 168 g/mol. The maximum atomic E-state index is 11.5. The summed E-state index contributed by atoms with van der Waals surface area (Å²) in [6, 6.07) is 0.356. The van der Waals surface area contributed by atoms with Crippen LogP contribution in [-0.4, -0.2) is 42.3 Å². The van der Waals surface area contributed by atoms with Crippen molar-refractivity contribution < 1.29 is 9.53 Å². The van der Waals surface area contributed by atoms with Crippen LogP contribution in [0.1, 0.15) is 19.3 Å². The van der Waals surface area contributed by atoms with Crippen molar-refractivity contribution in [3.8, 4) is 0 Å². The number of nitrogens with one attached hydrogen (secondary N) is 1. The lowest BCUT2D eigenvalue weighted by Crippen LogP contribution is -2.66. The number of rotatable bonds is 0. The Hall–Kier alpha value is -0.770. The van der Waals surface area contributed by atoms with Crippen molar-refractivity contribution in [3.63, 3.8) is 0 Å². The van der Waals surface area contributed by atoms with Gasteiger partial charge in [-0.3, -0.25) is 0 Å². The Kier molecular flexibility index (Phi) is 1.39. The smallest absolute Gasteiger partial charge is 0.410 e. The Morgan fingerprint density at radius 2 is 2.31 bits per heavy atom. The van der Waals surface area contributed by atoms with Gasteiger partial charge in [0.2, 0.25) is 0 Å². The lowest BCUT2D eigenvalue weighted by molar-refractivity contribution is -0.0160. The average Bonchev–Trinajstić information content (AvgIpc) is 2.40. The lowest BCUT2D eigenvalue weighted by Gasteiger charge is -2.43. The lowest BCUT2D eigenvalue weighted by atomic mass is 9.83. The summed E-state index contributed by atoms with van der Waals surface area (Å²) < 4.78 is 5.46. The minimum atomic E-state index is -0.155. The summed E-state index contributed by atoms with van der Waals surface area (Å²) in [6.45, 7) is 2.59. The van der Waals surface area contributed by atoms with Gasteiger partial charge in [-0.05, 0) is 19.3 Å². The molecule has 3 aliphatic heterocycles. The number of carbonyl (C=O) groups is 1. The Bertz CT molecular complexity index is 250. The molecule has 0 aromatic heterocycles. The summed E-state index contributed by atoms with van der Waals surface area (Å²) >= 11 is 0. The van der Waals surface area contributed by atoms with Gasteiger partial charge in [-0.1, -0.05) is 0 Å². The quantitative estimate of drug-likeness (QED) is 0.587. The number of hydrogen-bond acceptors (Lipinski definition) is 3. The molecular formula is C9H14N2O2. The fraction of sp³-hybridized carbons (Fsp3) is 0.889. The van der Waals surface area contributed by atoms with Crippen molar-refractivity contribution in [1.29, 1.82) is 0 Å². The highest BCUT2D eigenvalue weighted by atomic mass is 16.6. The summed E-state index contributed by atoms with van der Waals surface area (Å²) in [5.74, 6) is 0. The fourth-order valence-electron chi connectivity index (χ4n) is 2.68. The van der Waals surface area contributed by atoms with Gasteiger partial charge < -0.3 is 15.0 Å². The van der Waals surface area contributed by atoms with Gasteiger partial charge in [-0.25, -0.2) is 4.79 Å². The molecule has 1 spiro atoms. The van der Waals surface area contributed by atoms with E-state index < -0.39 is 0 Å². The zero-order valence-corrected chi connectivity index (χ0v) is 7.58. The van der Waals surface area contributed by atoms with Gasteiger partial charge in [-0.15, -0.1) is 0 Å². The Labute approximate surface area is 77.2 Å². The molecule has 1 N–H and O–H groups in total. The molecule has 4 nitrogen and oxygen atoms in total. The predicted molar refractivity (Wildman–Crippen MR) is 46.4 cm³/mol. The highest BCUT2D eigenvalue weighted by Crippen LogP contribution is 2.38. The summed E-state index contributed by atoms with van der Waals surface area (Å²) in [6.07, 6.45) is 3.40. The first kappa shape index (κ1) is 7.62. The third kappa shape index (κ3) is 0.866. The van der Waals surface area contributed by atoms with E-state index in [-0.39, 0.29) is 11.7 Å². The van der Waals surface area contributed by atoms with E-state index in [4.69, 9.17) is 4.74 Å². The molecule has 0 bridgehead atoms. The number of carbonyl (C=O) groups excluding carboxylic acids is 1. The molecule has 3 fully saturated rings. The first-order valence-corrected chi connectivity index (χ1v) is 5.02. The van der Waals surface area contributed by atoms with Crippen LogP contribution in [0.15, 0.2) is 0 Å².